The van der Waals surface area contributed by atoms with Crippen LogP contribution in [-0.2, 0) is 14.8 Å². The van der Waals surface area contributed by atoms with Crippen molar-refractivity contribution in [3.63, 3.8) is 0 Å². The van der Waals surface area contributed by atoms with Crippen molar-refractivity contribution in [2.45, 2.75) is 17.7 Å². The predicted molar refractivity (Wildman–Crippen MR) is 137 cm³/mol. The number of nitrogens with zero attached hydrogens (tertiary/aromatic N) is 3. The molecule has 0 amide bonds. The van der Waals surface area contributed by atoms with Gasteiger partial charge in [-0.2, -0.15) is 9.61 Å². The normalized spacial score (nSPS) is 11.6. The summed E-state index contributed by atoms with van der Waals surface area (Å²) in [7, 11) is 3.44. The number of hydrogen-bond acceptors (Lipinski definition) is 8. The second-order valence-electron chi connectivity index (χ2n) is 7.48. The molecule has 4 aromatic rings. The summed E-state index contributed by atoms with van der Waals surface area (Å²) in [6.45, 7) is 0.764. The van der Waals surface area contributed by atoms with Gasteiger partial charge in [0.05, 0.1) is 12.8 Å². The summed E-state index contributed by atoms with van der Waals surface area (Å²) in [5.74, 6) is 0.00634. The highest BCUT2D eigenvalue weighted by atomic mass is 35.5. The Morgan fingerprint density at radius 1 is 1.23 bits per heavy atom. The van der Waals surface area contributed by atoms with Gasteiger partial charge in [0.25, 0.3) is 0 Å². The summed E-state index contributed by atoms with van der Waals surface area (Å²) in [5.41, 5.74) is 2.38. The van der Waals surface area contributed by atoms with Crippen LogP contribution in [0.3, 0.4) is 0 Å². The van der Waals surface area contributed by atoms with Crippen LogP contribution in [0.25, 0.3) is 16.9 Å². The summed E-state index contributed by atoms with van der Waals surface area (Å²) in [4.78, 5) is 16.4. The number of aromatic nitrogens is 3. The van der Waals surface area contributed by atoms with Crippen molar-refractivity contribution in [1.82, 2.24) is 19.3 Å². The van der Waals surface area contributed by atoms with Crippen LogP contribution in [0.1, 0.15) is 22.5 Å². The Morgan fingerprint density at radius 3 is 2.77 bits per heavy atom. The number of hydrogen-bond donors (Lipinski definition) is 2. The minimum absolute atomic E-state index is 0.0520. The highest BCUT2D eigenvalue weighted by Gasteiger charge is 2.24. The molecule has 0 aliphatic heterocycles. The van der Waals surface area contributed by atoms with E-state index in [9.17, 15) is 13.2 Å². The van der Waals surface area contributed by atoms with E-state index < -0.39 is 16.0 Å². The molecule has 2 radical (unpaired) electrons. The minimum atomic E-state index is -3.82. The number of halogens is 1. The number of thiophene rings is 1. The quantitative estimate of drug-likeness (QED) is 0.184. The van der Waals surface area contributed by atoms with Gasteiger partial charge in [0.2, 0.25) is 10.0 Å². The molecule has 0 saturated heterocycles. The number of methoxy groups -OCH3 is 1. The van der Waals surface area contributed by atoms with E-state index in [1.807, 2.05) is 24.3 Å². The minimum Gasteiger partial charge on any atom is -0.465 e. The van der Waals surface area contributed by atoms with E-state index in [0.29, 0.717) is 47.0 Å². The first kappa shape index (κ1) is 25.2. The molecular weight excluding hydrogens is 509 g/mol. The zero-order valence-electron chi connectivity index (χ0n) is 18.7. The lowest BCUT2D eigenvalue weighted by molar-refractivity contribution is 0.0602. The van der Waals surface area contributed by atoms with Crippen molar-refractivity contribution >= 4 is 63.7 Å². The summed E-state index contributed by atoms with van der Waals surface area (Å²) >= 11 is 7.37. The molecule has 0 bridgehead atoms. The van der Waals surface area contributed by atoms with Crippen molar-refractivity contribution in [3.05, 3.63) is 57.9 Å². The molecule has 2 N–H and O–H groups in total. The topological polar surface area (TPSA) is 115 Å². The maximum absolute atomic E-state index is 12.6. The average Bonchev–Trinajstić information content (AvgIpc) is 3.49. The standard InChI is InChI=1S/C22H21BClN5O4S2/c1-33-22(30)20-18(8-11-34-20)35(31,32)27-10-5-4-9-25-19-12-17(14-6-2-3-7-16(14)24)28-21-15(23)13-26-29(19)21/h2-3,6-8,11-13,25,27H,4-5,9-10H2,1H3. The van der Waals surface area contributed by atoms with Gasteiger partial charge in [-0.3, -0.25) is 0 Å². The number of ether oxygens (including phenoxy) is 1. The summed E-state index contributed by atoms with van der Waals surface area (Å²) in [6, 6.07) is 10.6. The predicted octanol–water partition coefficient (Wildman–Crippen LogP) is 2.86. The first-order valence-corrected chi connectivity index (χ1v) is 13.3. The first-order chi connectivity index (χ1) is 16.8. The molecule has 0 aliphatic rings. The van der Waals surface area contributed by atoms with Crippen molar-refractivity contribution in [1.29, 1.82) is 0 Å². The molecule has 0 atom stereocenters. The third-order valence-corrected chi connectivity index (χ3v) is 8.00. The van der Waals surface area contributed by atoms with Crippen LogP contribution >= 0.6 is 22.9 Å². The molecule has 0 saturated carbocycles. The summed E-state index contributed by atoms with van der Waals surface area (Å²) in [6.07, 6.45) is 2.76. The number of fused-ring (bicyclic) bond motifs is 1. The van der Waals surface area contributed by atoms with E-state index in [-0.39, 0.29) is 16.3 Å². The maximum Gasteiger partial charge on any atom is 0.349 e. The van der Waals surface area contributed by atoms with Crippen molar-refractivity contribution in [3.8, 4) is 11.3 Å². The van der Waals surface area contributed by atoms with Crippen molar-refractivity contribution in [2.75, 3.05) is 25.5 Å². The fraction of sp³-hybridized carbons (Fsp3) is 0.227. The van der Waals surface area contributed by atoms with E-state index in [0.717, 1.165) is 16.9 Å². The van der Waals surface area contributed by atoms with Crippen LogP contribution in [-0.4, -0.2) is 57.0 Å². The number of esters is 1. The lowest BCUT2D eigenvalue weighted by atomic mass is 10.0. The number of carbonyl (C=O) groups is 1. The van der Waals surface area contributed by atoms with Crippen LogP contribution in [0.2, 0.25) is 5.02 Å². The molecule has 0 unspecified atom stereocenters. The molecule has 0 fully saturated rings. The SMILES string of the molecule is [B]c1cnn2c(NCCCCNS(=O)(=O)c3ccsc3C(=O)OC)cc(-c3ccccc3Cl)nc12. The van der Waals surface area contributed by atoms with Crippen molar-refractivity contribution < 1.29 is 17.9 Å². The number of rotatable bonds is 10. The first-order valence-electron chi connectivity index (χ1n) is 10.6. The Hall–Kier alpha value is -2.93. The number of unbranched alkanes of at least 4 members (excludes halogenated alkanes) is 1. The van der Waals surface area contributed by atoms with Gasteiger partial charge in [0.1, 0.15) is 23.4 Å². The zero-order chi connectivity index (χ0) is 25.0. The van der Waals surface area contributed by atoms with Gasteiger partial charge >= 0.3 is 5.97 Å². The third-order valence-electron chi connectivity index (χ3n) is 5.14. The number of anilines is 1. The van der Waals surface area contributed by atoms with Gasteiger partial charge in [0, 0.05) is 35.9 Å². The van der Waals surface area contributed by atoms with E-state index in [1.54, 1.807) is 16.0 Å². The largest absolute Gasteiger partial charge is 0.465 e. The van der Waals surface area contributed by atoms with Gasteiger partial charge in [-0.1, -0.05) is 29.8 Å². The Morgan fingerprint density at radius 2 is 2.00 bits per heavy atom. The van der Waals surface area contributed by atoms with Crippen LogP contribution in [0, 0.1) is 0 Å². The highest BCUT2D eigenvalue weighted by molar-refractivity contribution is 7.89. The third kappa shape index (κ3) is 5.51. The van der Waals surface area contributed by atoms with Gasteiger partial charge < -0.3 is 10.1 Å². The lowest BCUT2D eigenvalue weighted by Crippen LogP contribution is -2.26. The van der Waals surface area contributed by atoms with Crippen LogP contribution in [0.5, 0.6) is 0 Å². The Balaban J connectivity index is 1.38. The maximum atomic E-state index is 12.6. The lowest BCUT2D eigenvalue weighted by Gasteiger charge is -2.12. The molecule has 1 aromatic carbocycles. The molecule has 0 aliphatic carbocycles. The summed E-state index contributed by atoms with van der Waals surface area (Å²) < 4.78 is 33.9. The monoisotopic (exact) mass is 529 g/mol. The Labute approximate surface area is 212 Å². The molecular formula is C22H21BClN5O4S2. The molecule has 0 spiro atoms. The Bertz CT molecular complexity index is 1470. The van der Waals surface area contributed by atoms with Gasteiger partial charge in [-0.05, 0) is 35.8 Å². The van der Waals surface area contributed by atoms with E-state index in [2.05, 4.69) is 24.9 Å². The fourth-order valence-electron chi connectivity index (χ4n) is 3.41. The number of sulfonamides is 1. The van der Waals surface area contributed by atoms with Gasteiger partial charge in [-0.25, -0.2) is 22.9 Å². The van der Waals surface area contributed by atoms with Gasteiger partial charge in [0.15, 0.2) is 5.65 Å². The average molecular weight is 530 g/mol. The number of nitrogens with one attached hydrogen (secondary N) is 2. The fourth-order valence-corrected chi connectivity index (χ4v) is 6.05. The van der Waals surface area contributed by atoms with Gasteiger partial charge in [-0.15, -0.1) is 11.3 Å². The second-order valence-corrected chi connectivity index (χ2v) is 10.5. The van der Waals surface area contributed by atoms with Crippen molar-refractivity contribution in [2.24, 2.45) is 0 Å². The van der Waals surface area contributed by atoms with E-state index >= 15 is 0 Å². The molecule has 3 aromatic heterocycles. The molecule has 4 rings (SSSR count). The van der Waals surface area contributed by atoms with Crippen LogP contribution in [0.4, 0.5) is 5.82 Å². The molecule has 9 nitrogen and oxygen atoms in total. The number of carbonyl (C=O) groups excluding carboxylic acids is 1. The zero-order valence-corrected chi connectivity index (χ0v) is 21.1. The smallest absolute Gasteiger partial charge is 0.349 e. The van der Waals surface area contributed by atoms with Crippen LogP contribution < -0.4 is 15.5 Å². The number of benzene rings is 1. The molecule has 180 valence electrons. The van der Waals surface area contributed by atoms with E-state index in [4.69, 9.17) is 19.4 Å². The highest BCUT2D eigenvalue weighted by Crippen LogP contribution is 2.28. The van der Waals surface area contributed by atoms with E-state index in [1.165, 1.54) is 19.4 Å². The molecule has 35 heavy (non-hydrogen) atoms. The molecule has 3 heterocycles. The van der Waals surface area contributed by atoms with Crippen LogP contribution in [0.15, 0.2) is 52.9 Å². The summed E-state index contributed by atoms with van der Waals surface area (Å²) in [5, 5.41) is 9.71. The molecule has 13 heteroatoms. The Kier molecular flexibility index (Phi) is 7.75. The second kappa shape index (κ2) is 10.8.